The van der Waals surface area contributed by atoms with Gasteiger partial charge in [0.1, 0.15) is 12.4 Å². The molecule has 0 bridgehead atoms. The lowest BCUT2D eigenvalue weighted by atomic mass is 10.1. The number of ether oxygens (including phenoxy) is 2. The lowest BCUT2D eigenvalue weighted by Gasteiger charge is -2.28. The number of pyridine rings is 1. The van der Waals surface area contributed by atoms with Gasteiger partial charge in [-0.3, -0.25) is 4.98 Å². The fourth-order valence-electron chi connectivity index (χ4n) is 3.69. The molecule has 30 heavy (non-hydrogen) atoms. The third-order valence-corrected chi connectivity index (χ3v) is 5.19. The van der Waals surface area contributed by atoms with Gasteiger partial charge in [-0.15, -0.1) is 0 Å². The molecule has 4 aromatic rings. The fraction of sp³-hybridized carbons (Fsp3) is 0.261. The molecule has 0 unspecified atom stereocenters. The molecule has 0 atom stereocenters. The Balaban J connectivity index is 1.46. The number of H-pyrrole nitrogens is 1. The SMILES string of the molecule is c1cncc(COCc2nc(-c3cccc4[nH]ccc34)cc(N3CCOCC3)n2)c1. The van der Waals surface area contributed by atoms with Crippen molar-refractivity contribution in [3.05, 3.63) is 72.4 Å². The fourth-order valence-corrected chi connectivity index (χ4v) is 3.69. The highest BCUT2D eigenvalue weighted by Gasteiger charge is 2.17. The monoisotopic (exact) mass is 401 g/mol. The molecule has 3 aromatic heterocycles. The lowest BCUT2D eigenvalue weighted by molar-refractivity contribution is 0.101. The van der Waals surface area contributed by atoms with Crippen molar-refractivity contribution in [2.45, 2.75) is 13.2 Å². The van der Waals surface area contributed by atoms with E-state index in [0.29, 0.717) is 32.3 Å². The van der Waals surface area contributed by atoms with Crippen LogP contribution in [-0.2, 0) is 22.7 Å². The average Bonchev–Trinajstić information content (AvgIpc) is 3.29. The molecule has 1 aromatic carbocycles. The molecule has 7 nitrogen and oxygen atoms in total. The predicted molar refractivity (Wildman–Crippen MR) is 115 cm³/mol. The quantitative estimate of drug-likeness (QED) is 0.532. The van der Waals surface area contributed by atoms with E-state index in [1.807, 2.05) is 30.6 Å². The van der Waals surface area contributed by atoms with E-state index in [-0.39, 0.29) is 0 Å². The predicted octanol–water partition coefficient (Wildman–Crippen LogP) is 3.57. The summed E-state index contributed by atoms with van der Waals surface area (Å²) < 4.78 is 11.4. The maximum Gasteiger partial charge on any atom is 0.157 e. The largest absolute Gasteiger partial charge is 0.378 e. The number of nitrogens with one attached hydrogen (secondary N) is 1. The summed E-state index contributed by atoms with van der Waals surface area (Å²) in [4.78, 5) is 19.3. The zero-order valence-corrected chi connectivity index (χ0v) is 16.6. The van der Waals surface area contributed by atoms with Gasteiger partial charge in [-0.2, -0.15) is 0 Å². The van der Waals surface area contributed by atoms with E-state index in [1.54, 1.807) is 6.20 Å². The molecule has 4 heterocycles. The average molecular weight is 401 g/mol. The third-order valence-electron chi connectivity index (χ3n) is 5.19. The summed E-state index contributed by atoms with van der Waals surface area (Å²) in [6.07, 6.45) is 5.52. The molecule has 0 radical (unpaired) electrons. The van der Waals surface area contributed by atoms with E-state index in [0.717, 1.165) is 46.6 Å². The van der Waals surface area contributed by atoms with Gasteiger partial charge in [0.15, 0.2) is 5.82 Å². The van der Waals surface area contributed by atoms with Crippen molar-refractivity contribution in [2.75, 3.05) is 31.2 Å². The molecule has 1 N–H and O–H groups in total. The van der Waals surface area contributed by atoms with Gasteiger partial charge in [0, 0.05) is 54.2 Å². The van der Waals surface area contributed by atoms with Crippen LogP contribution >= 0.6 is 0 Å². The molecule has 1 aliphatic rings. The Hall–Kier alpha value is -3.29. The van der Waals surface area contributed by atoms with Crippen molar-refractivity contribution < 1.29 is 9.47 Å². The summed E-state index contributed by atoms with van der Waals surface area (Å²) >= 11 is 0. The number of nitrogens with zero attached hydrogens (tertiary/aromatic N) is 4. The Kier molecular flexibility index (Phi) is 5.37. The second-order valence-corrected chi connectivity index (χ2v) is 7.23. The number of hydrogen-bond acceptors (Lipinski definition) is 6. The molecule has 0 aliphatic carbocycles. The maximum absolute atomic E-state index is 5.90. The highest BCUT2D eigenvalue weighted by atomic mass is 16.5. The lowest BCUT2D eigenvalue weighted by Crippen LogP contribution is -2.37. The van der Waals surface area contributed by atoms with Crippen LogP contribution in [0.1, 0.15) is 11.4 Å². The maximum atomic E-state index is 5.90. The standard InChI is InChI=1S/C23H23N5O2/c1-4-18(19-6-8-25-20(19)5-1)21-13-23(28-9-11-29-12-10-28)27-22(26-21)16-30-15-17-3-2-7-24-14-17/h1-8,13-14,25H,9-12,15-16H2. The Labute approximate surface area is 174 Å². The molecule has 1 fully saturated rings. The Morgan fingerprint density at radius 3 is 2.83 bits per heavy atom. The number of morpholine rings is 1. The van der Waals surface area contributed by atoms with Gasteiger partial charge in [0.25, 0.3) is 0 Å². The third kappa shape index (κ3) is 4.03. The van der Waals surface area contributed by atoms with Crippen molar-refractivity contribution in [2.24, 2.45) is 0 Å². The Bertz CT molecular complexity index is 1120. The molecule has 1 saturated heterocycles. The van der Waals surface area contributed by atoms with E-state index in [2.05, 4.69) is 39.1 Å². The topological polar surface area (TPSA) is 76.2 Å². The van der Waals surface area contributed by atoms with Crippen LogP contribution in [0.25, 0.3) is 22.2 Å². The van der Waals surface area contributed by atoms with Crippen LogP contribution < -0.4 is 4.90 Å². The number of aromatic amines is 1. The van der Waals surface area contributed by atoms with E-state index < -0.39 is 0 Å². The summed E-state index contributed by atoms with van der Waals surface area (Å²) in [5.74, 6) is 1.58. The van der Waals surface area contributed by atoms with Gasteiger partial charge < -0.3 is 19.4 Å². The first-order valence-corrected chi connectivity index (χ1v) is 10.1. The molecule has 0 amide bonds. The minimum Gasteiger partial charge on any atom is -0.378 e. The molecule has 5 rings (SSSR count). The minimum absolute atomic E-state index is 0.336. The van der Waals surface area contributed by atoms with Gasteiger partial charge in [-0.1, -0.05) is 18.2 Å². The number of anilines is 1. The van der Waals surface area contributed by atoms with Crippen molar-refractivity contribution in [3.63, 3.8) is 0 Å². The second-order valence-electron chi connectivity index (χ2n) is 7.23. The van der Waals surface area contributed by atoms with Crippen LogP contribution in [-0.4, -0.2) is 46.2 Å². The van der Waals surface area contributed by atoms with Gasteiger partial charge in [-0.05, 0) is 23.8 Å². The van der Waals surface area contributed by atoms with E-state index >= 15 is 0 Å². The summed E-state index contributed by atoms with van der Waals surface area (Å²) in [6.45, 7) is 3.87. The van der Waals surface area contributed by atoms with Crippen LogP contribution in [0.3, 0.4) is 0 Å². The highest BCUT2D eigenvalue weighted by molar-refractivity contribution is 5.94. The van der Waals surface area contributed by atoms with Gasteiger partial charge >= 0.3 is 0 Å². The normalized spacial score (nSPS) is 14.3. The smallest absolute Gasteiger partial charge is 0.157 e. The summed E-state index contributed by atoms with van der Waals surface area (Å²) in [6, 6.07) is 14.3. The molecular formula is C23H23N5O2. The van der Waals surface area contributed by atoms with Crippen LogP contribution in [0.5, 0.6) is 0 Å². The second kappa shape index (κ2) is 8.61. The van der Waals surface area contributed by atoms with Crippen molar-refractivity contribution >= 4 is 16.7 Å². The first-order valence-electron chi connectivity index (χ1n) is 10.1. The first-order chi connectivity index (χ1) is 14.9. The van der Waals surface area contributed by atoms with Gasteiger partial charge in [-0.25, -0.2) is 9.97 Å². The minimum atomic E-state index is 0.336. The van der Waals surface area contributed by atoms with Gasteiger partial charge in [0.2, 0.25) is 0 Å². The highest BCUT2D eigenvalue weighted by Crippen LogP contribution is 2.29. The summed E-state index contributed by atoms with van der Waals surface area (Å²) in [7, 11) is 0. The van der Waals surface area contributed by atoms with Crippen LogP contribution in [0.2, 0.25) is 0 Å². The summed E-state index contributed by atoms with van der Waals surface area (Å²) in [5, 5.41) is 1.14. The molecular weight excluding hydrogens is 378 g/mol. The van der Waals surface area contributed by atoms with Crippen LogP contribution in [0.4, 0.5) is 5.82 Å². The summed E-state index contributed by atoms with van der Waals surface area (Å²) in [5.41, 5.74) is 4.10. The molecule has 7 heteroatoms. The molecule has 0 spiro atoms. The van der Waals surface area contributed by atoms with Gasteiger partial charge in [0.05, 0.1) is 25.5 Å². The van der Waals surface area contributed by atoms with Crippen molar-refractivity contribution in [3.8, 4) is 11.3 Å². The Morgan fingerprint density at radius 1 is 1.03 bits per heavy atom. The Morgan fingerprint density at radius 2 is 1.97 bits per heavy atom. The number of fused-ring (bicyclic) bond motifs is 1. The van der Waals surface area contributed by atoms with Crippen molar-refractivity contribution in [1.29, 1.82) is 0 Å². The van der Waals surface area contributed by atoms with Crippen LogP contribution in [0.15, 0.2) is 61.1 Å². The number of hydrogen-bond donors (Lipinski definition) is 1. The van der Waals surface area contributed by atoms with E-state index in [4.69, 9.17) is 19.4 Å². The zero-order chi connectivity index (χ0) is 20.2. The number of rotatable bonds is 6. The number of aromatic nitrogens is 4. The number of benzene rings is 1. The van der Waals surface area contributed by atoms with E-state index in [1.165, 1.54) is 0 Å². The van der Waals surface area contributed by atoms with Crippen molar-refractivity contribution in [1.82, 2.24) is 19.9 Å². The first kappa shape index (κ1) is 18.7. The molecule has 1 aliphatic heterocycles. The van der Waals surface area contributed by atoms with Crippen LogP contribution in [0, 0.1) is 0 Å². The molecule has 0 saturated carbocycles. The molecule has 152 valence electrons. The zero-order valence-electron chi connectivity index (χ0n) is 16.6. The van der Waals surface area contributed by atoms with E-state index in [9.17, 15) is 0 Å².